The number of aliphatic imine (C=N–C) groups is 1. The minimum absolute atomic E-state index is 0.686. The van der Waals surface area contributed by atoms with Crippen LogP contribution in [0, 0.1) is 0 Å². The van der Waals surface area contributed by atoms with Crippen LogP contribution in [0.2, 0.25) is 0 Å². The molecule has 0 aliphatic carbocycles. The highest BCUT2D eigenvalue weighted by Crippen LogP contribution is 2.35. The highest BCUT2D eigenvalue weighted by atomic mass is 31.2. The molecule has 2 aromatic rings. The first-order valence-electron chi connectivity index (χ1n) is 6.54. The first kappa shape index (κ1) is 13.1. The number of benzene rings is 2. The van der Waals surface area contributed by atoms with Crippen molar-refractivity contribution in [2.45, 2.75) is 6.54 Å². The molecule has 0 unspecified atom stereocenters. The van der Waals surface area contributed by atoms with Crippen LogP contribution in [-0.2, 0) is 11.1 Å². The molecule has 4 heteroatoms. The van der Waals surface area contributed by atoms with E-state index >= 15 is 0 Å². The molecule has 3 rings (SSSR count). The molecule has 1 heterocycles. The van der Waals surface area contributed by atoms with Gasteiger partial charge in [0.15, 0.2) is 0 Å². The Hall–Kier alpha value is -1.86. The van der Waals surface area contributed by atoms with Gasteiger partial charge in [0.1, 0.15) is 7.14 Å². The topological polar surface area (TPSA) is 55.5 Å². The zero-order valence-corrected chi connectivity index (χ0v) is 12.5. The van der Waals surface area contributed by atoms with Gasteiger partial charge in [-0.1, -0.05) is 24.3 Å². The molecule has 1 aliphatic heterocycles. The number of nitrogen functional groups attached to an aromatic ring is 1. The predicted molar refractivity (Wildman–Crippen MR) is 85.7 cm³/mol. The standard InChI is InChI=1S/C16H17N2OP/c1-20(2,19)14-5-3-4-11(8-14)16-15-9-13(17)7-6-12(15)10-18-16/h3-9H,10,17H2,1-2H3. The molecule has 0 amide bonds. The first-order valence-corrected chi connectivity index (χ1v) is 9.14. The Labute approximate surface area is 118 Å². The molecule has 3 nitrogen and oxygen atoms in total. The van der Waals surface area contributed by atoms with Crippen LogP contribution in [-0.4, -0.2) is 19.0 Å². The zero-order valence-electron chi connectivity index (χ0n) is 11.6. The van der Waals surface area contributed by atoms with Gasteiger partial charge in [-0.2, -0.15) is 0 Å². The minimum Gasteiger partial charge on any atom is -0.399 e. The molecule has 0 radical (unpaired) electrons. The normalized spacial score (nSPS) is 14.0. The fourth-order valence-corrected chi connectivity index (χ4v) is 3.33. The summed E-state index contributed by atoms with van der Waals surface area (Å²) in [7, 11) is -2.26. The lowest BCUT2D eigenvalue weighted by Crippen LogP contribution is -2.08. The Morgan fingerprint density at radius 1 is 1.15 bits per heavy atom. The maximum atomic E-state index is 12.2. The maximum Gasteiger partial charge on any atom is 0.109 e. The Bertz CT molecular complexity index is 759. The Kier molecular flexibility index (Phi) is 3.02. The van der Waals surface area contributed by atoms with Gasteiger partial charge in [-0.05, 0) is 37.1 Å². The number of hydrogen-bond acceptors (Lipinski definition) is 3. The van der Waals surface area contributed by atoms with E-state index in [9.17, 15) is 4.57 Å². The van der Waals surface area contributed by atoms with Crippen LogP contribution in [0.3, 0.4) is 0 Å². The van der Waals surface area contributed by atoms with Crippen molar-refractivity contribution in [2.75, 3.05) is 19.1 Å². The van der Waals surface area contributed by atoms with Crippen LogP contribution in [0.4, 0.5) is 5.69 Å². The third-order valence-corrected chi connectivity index (χ3v) is 5.06. The van der Waals surface area contributed by atoms with Crippen LogP contribution >= 0.6 is 7.14 Å². The second kappa shape index (κ2) is 4.60. The van der Waals surface area contributed by atoms with Crippen LogP contribution in [0.15, 0.2) is 47.5 Å². The summed E-state index contributed by atoms with van der Waals surface area (Å²) >= 11 is 0. The monoisotopic (exact) mass is 284 g/mol. The summed E-state index contributed by atoms with van der Waals surface area (Å²) in [4.78, 5) is 4.61. The lowest BCUT2D eigenvalue weighted by atomic mass is 10.00. The molecule has 1 aliphatic rings. The number of nitrogens with two attached hydrogens (primary N) is 1. The predicted octanol–water partition coefficient (Wildman–Crippen LogP) is 2.87. The van der Waals surface area contributed by atoms with Crippen LogP contribution < -0.4 is 11.0 Å². The second-order valence-electron chi connectivity index (χ2n) is 5.48. The zero-order chi connectivity index (χ0) is 14.3. The summed E-state index contributed by atoms with van der Waals surface area (Å²) in [6, 6.07) is 13.7. The molecule has 0 saturated carbocycles. The molecule has 0 bridgehead atoms. The van der Waals surface area contributed by atoms with Crippen molar-refractivity contribution in [3.63, 3.8) is 0 Å². The number of hydrogen-bond donors (Lipinski definition) is 1. The van der Waals surface area contributed by atoms with Gasteiger partial charge in [0.05, 0.1) is 12.3 Å². The van der Waals surface area contributed by atoms with Gasteiger partial charge in [-0.25, -0.2) is 0 Å². The first-order chi connectivity index (χ1) is 9.45. The molecule has 102 valence electrons. The minimum atomic E-state index is -2.26. The quantitative estimate of drug-likeness (QED) is 0.681. The molecule has 20 heavy (non-hydrogen) atoms. The van der Waals surface area contributed by atoms with Gasteiger partial charge in [0, 0.05) is 22.1 Å². The summed E-state index contributed by atoms with van der Waals surface area (Å²) in [5.74, 6) is 0. The van der Waals surface area contributed by atoms with Crippen LogP contribution in [0.25, 0.3) is 0 Å². The summed E-state index contributed by atoms with van der Waals surface area (Å²) in [5, 5.41) is 0.884. The Balaban J connectivity index is 2.09. The summed E-state index contributed by atoms with van der Waals surface area (Å²) in [6.45, 7) is 4.26. The number of nitrogens with zero attached hydrogens (tertiary/aromatic N) is 1. The van der Waals surface area contributed by atoms with E-state index in [1.807, 2.05) is 42.5 Å². The van der Waals surface area contributed by atoms with Gasteiger partial charge < -0.3 is 10.3 Å². The van der Waals surface area contributed by atoms with Gasteiger partial charge in [0.2, 0.25) is 0 Å². The second-order valence-corrected chi connectivity index (χ2v) is 8.70. The molecule has 0 fully saturated rings. The van der Waals surface area contributed by atoms with Crippen molar-refractivity contribution in [3.05, 3.63) is 59.2 Å². The van der Waals surface area contributed by atoms with Crippen LogP contribution in [0.5, 0.6) is 0 Å². The van der Waals surface area contributed by atoms with E-state index in [4.69, 9.17) is 5.73 Å². The van der Waals surface area contributed by atoms with Gasteiger partial charge in [-0.3, -0.25) is 4.99 Å². The van der Waals surface area contributed by atoms with Crippen molar-refractivity contribution in [2.24, 2.45) is 4.99 Å². The lowest BCUT2D eigenvalue weighted by Gasteiger charge is -2.10. The van der Waals surface area contributed by atoms with Crippen molar-refractivity contribution >= 4 is 23.8 Å². The smallest absolute Gasteiger partial charge is 0.109 e. The van der Waals surface area contributed by atoms with Crippen LogP contribution in [0.1, 0.15) is 16.7 Å². The number of rotatable bonds is 2. The van der Waals surface area contributed by atoms with E-state index in [0.29, 0.717) is 6.54 Å². The third kappa shape index (κ3) is 2.30. The molecular formula is C16H17N2OP. The van der Waals surface area contributed by atoms with E-state index in [1.54, 1.807) is 13.3 Å². The van der Waals surface area contributed by atoms with Gasteiger partial charge in [-0.15, -0.1) is 0 Å². The SMILES string of the molecule is CP(C)(=O)c1cccc(C2=NCc3ccc(N)cc32)c1. The number of fused-ring (bicyclic) bond motifs is 1. The fraction of sp³-hybridized carbons (Fsp3) is 0.188. The summed E-state index contributed by atoms with van der Waals surface area (Å²) in [6.07, 6.45) is 0. The Morgan fingerprint density at radius 2 is 1.95 bits per heavy atom. The average Bonchev–Trinajstić information content (AvgIpc) is 2.81. The Morgan fingerprint density at radius 3 is 2.70 bits per heavy atom. The molecule has 0 spiro atoms. The largest absolute Gasteiger partial charge is 0.399 e. The third-order valence-electron chi connectivity index (χ3n) is 3.54. The lowest BCUT2D eigenvalue weighted by molar-refractivity contribution is 0.588. The summed E-state index contributed by atoms with van der Waals surface area (Å²) in [5.41, 5.74) is 10.8. The van der Waals surface area contributed by atoms with Crippen molar-refractivity contribution in [1.82, 2.24) is 0 Å². The highest BCUT2D eigenvalue weighted by Gasteiger charge is 2.19. The molecule has 0 aromatic heterocycles. The van der Waals surface area contributed by atoms with Gasteiger partial charge >= 0.3 is 0 Å². The van der Waals surface area contributed by atoms with Gasteiger partial charge in [0.25, 0.3) is 0 Å². The average molecular weight is 284 g/mol. The van der Waals surface area contributed by atoms with Crippen molar-refractivity contribution in [3.8, 4) is 0 Å². The molecular weight excluding hydrogens is 267 g/mol. The van der Waals surface area contributed by atoms with Crippen molar-refractivity contribution in [1.29, 1.82) is 0 Å². The van der Waals surface area contributed by atoms with E-state index in [-0.39, 0.29) is 0 Å². The molecule has 0 atom stereocenters. The summed E-state index contributed by atoms with van der Waals surface area (Å²) < 4.78 is 12.2. The maximum absolute atomic E-state index is 12.2. The molecule has 2 aromatic carbocycles. The van der Waals surface area contributed by atoms with E-state index in [2.05, 4.69) is 4.99 Å². The van der Waals surface area contributed by atoms with E-state index in [1.165, 1.54) is 5.56 Å². The fourth-order valence-electron chi connectivity index (χ4n) is 2.44. The molecule has 2 N–H and O–H groups in total. The van der Waals surface area contributed by atoms with E-state index in [0.717, 1.165) is 27.8 Å². The molecule has 0 saturated heterocycles. The van der Waals surface area contributed by atoms with E-state index < -0.39 is 7.14 Å². The highest BCUT2D eigenvalue weighted by molar-refractivity contribution is 7.70. The van der Waals surface area contributed by atoms with Crippen molar-refractivity contribution < 1.29 is 4.57 Å². The number of anilines is 1.